The molecule has 0 unspecified atom stereocenters. The van der Waals surface area contributed by atoms with Crippen LogP contribution in [0.25, 0.3) is 22.4 Å². The number of nitrogens with zero attached hydrogens (tertiary/aromatic N) is 5. The summed E-state index contributed by atoms with van der Waals surface area (Å²) in [6.07, 6.45) is 7.18. The average molecular weight is 728 g/mol. The second kappa shape index (κ2) is 17.5. The standard InChI is InChI=1S/C40H49N5O8/c1-47-34-19-29(20-35(48-2)38(34)51-5)31-17-28(23-41-24-31)26-45(40(46)44-13-15-53-16-14-44)32-8-11-43(12-9-32)25-27-7-10-42-33(18-27)30-21-36(49-3)39(52-6)37(22-30)50-4/h7,10,17-24,32H,8-9,11-16,25-26H2,1-6H3. The van der Waals surface area contributed by atoms with E-state index < -0.39 is 0 Å². The molecule has 0 N–H and O–H groups in total. The van der Waals surface area contributed by atoms with Crippen LogP contribution in [0.1, 0.15) is 24.0 Å². The lowest BCUT2D eigenvalue weighted by atomic mass is 10.0. The van der Waals surface area contributed by atoms with Crippen LogP contribution in [0.4, 0.5) is 4.79 Å². The summed E-state index contributed by atoms with van der Waals surface area (Å²) in [6, 6.07) is 14.0. The fraction of sp³-hybridized carbons (Fsp3) is 0.425. The lowest BCUT2D eigenvalue weighted by Gasteiger charge is -2.41. The predicted molar refractivity (Wildman–Crippen MR) is 200 cm³/mol. The highest BCUT2D eigenvalue weighted by molar-refractivity contribution is 5.75. The summed E-state index contributed by atoms with van der Waals surface area (Å²) < 4.78 is 38.9. The number of likely N-dealkylation sites (tertiary alicyclic amines) is 1. The number of aromatic nitrogens is 2. The molecule has 282 valence electrons. The summed E-state index contributed by atoms with van der Waals surface area (Å²) >= 11 is 0. The molecule has 4 heterocycles. The van der Waals surface area contributed by atoms with E-state index >= 15 is 0 Å². The molecular formula is C40H49N5O8. The third kappa shape index (κ3) is 8.52. The number of amides is 2. The summed E-state index contributed by atoms with van der Waals surface area (Å²) in [6.45, 7) is 5.15. The highest BCUT2D eigenvalue weighted by atomic mass is 16.5. The van der Waals surface area contributed by atoms with Crippen molar-refractivity contribution in [3.8, 4) is 56.9 Å². The Balaban J connectivity index is 1.18. The van der Waals surface area contributed by atoms with E-state index in [2.05, 4.69) is 33.1 Å². The lowest BCUT2D eigenvalue weighted by Crippen LogP contribution is -2.53. The summed E-state index contributed by atoms with van der Waals surface area (Å²) in [5.74, 6) is 3.35. The second-order valence-corrected chi connectivity index (χ2v) is 13.0. The second-order valence-electron chi connectivity index (χ2n) is 13.0. The molecule has 0 atom stereocenters. The monoisotopic (exact) mass is 727 g/mol. The van der Waals surface area contributed by atoms with E-state index in [4.69, 9.17) is 33.2 Å². The van der Waals surface area contributed by atoms with E-state index in [1.807, 2.05) is 52.7 Å². The number of urea groups is 1. The highest BCUT2D eigenvalue weighted by Crippen LogP contribution is 2.42. The van der Waals surface area contributed by atoms with Gasteiger partial charge in [-0.2, -0.15) is 0 Å². The zero-order valence-corrected chi connectivity index (χ0v) is 31.4. The van der Waals surface area contributed by atoms with Gasteiger partial charge in [-0.05, 0) is 72.0 Å². The van der Waals surface area contributed by atoms with E-state index in [0.717, 1.165) is 66.0 Å². The minimum absolute atomic E-state index is 0.0362. The fourth-order valence-corrected chi connectivity index (χ4v) is 7.07. The van der Waals surface area contributed by atoms with E-state index in [0.29, 0.717) is 67.3 Å². The number of pyridine rings is 2. The first-order valence-electron chi connectivity index (χ1n) is 17.7. The molecule has 2 amide bonds. The Morgan fingerprint density at radius 1 is 0.717 bits per heavy atom. The van der Waals surface area contributed by atoms with Crippen LogP contribution in [-0.4, -0.2) is 119 Å². The van der Waals surface area contributed by atoms with Crippen LogP contribution in [0, 0.1) is 0 Å². The molecule has 2 fully saturated rings. The number of rotatable bonds is 13. The summed E-state index contributed by atoms with van der Waals surface area (Å²) in [5.41, 5.74) is 5.55. The number of morpholine rings is 1. The van der Waals surface area contributed by atoms with Crippen LogP contribution >= 0.6 is 0 Å². The van der Waals surface area contributed by atoms with Gasteiger partial charge in [-0.25, -0.2) is 4.79 Å². The first-order chi connectivity index (χ1) is 25.9. The van der Waals surface area contributed by atoms with E-state index in [1.165, 1.54) is 0 Å². The SMILES string of the molecule is COc1cc(-c2cncc(CN(C(=O)N3CCOCC3)C3CCN(Cc4ccnc(-c5cc(OC)c(OC)c(OC)c5)c4)CC3)c2)cc(OC)c1OC. The zero-order valence-electron chi connectivity index (χ0n) is 31.4. The average Bonchev–Trinajstić information content (AvgIpc) is 3.22. The molecule has 6 rings (SSSR count). The maximum Gasteiger partial charge on any atom is 0.320 e. The maximum absolute atomic E-state index is 14.2. The van der Waals surface area contributed by atoms with E-state index in [1.54, 1.807) is 42.7 Å². The quantitative estimate of drug-likeness (QED) is 0.167. The van der Waals surface area contributed by atoms with Crippen molar-refractivity contribution in [2.45, 2.75) is 32.0 Å². The molecular weight excluding hydrogens is 678 g/mol. The number of benzene rings is 2. The van der Waals surface area contributed by atoms with Gasteiger partial charge in [0.1, 0.15) is 0 Å². The van der Waals surface area contributed by atoms with Crippen LogP contribution in [0.2, 0.25) is 0 Å². The van der Waals surface area contributed by atoms with Gasteiger partial charge in [-0.1, -0.05) is 0 Å². The van der Waals surface area contributed by atoms with Crippen molar-refractivity contribution in [1.29, 1.82) is 0 Å². The van der Waals surface area contributed by atoms with Crippen LogP contribution < -0.4 is 28.4 Å². The Morgan fingerprint density at radius 2 is 1.30 bits per heavy atom. The van der Waals surface area contributed by atoms with Crippen molar-refractivity contribution in [2.24, 2.45) is 0 Å². The molecule has 2 aromatic carbocycles. The van der Waals surface area contributed by atoms with Crippen LogP contribution in [0.3, 0.4) is 0 Å². The highest BCUT2D eigenvalue weighted by Gasteiger charge is 2.32. The number of carbonyl (C=O) groups is 1. The van der Waals surface area contributed by atoms with Gasteiger partial charge in [-0.15, -0.1) is 0 Å². The number of piperidine rings is 1. The molecule has 13 heteroatoms. The van der Waals surface area contributed by atoms with Gasteiger partial charge in [-0.3, -0.25) is 14.9 Å². The summed E-state index contributed by atoms with van der Waals surface area (Å²) in [5, 5.41) is 0. The molecule has 0 bridgehead atoms. The molecule has 0 radical (unpaired) electrons. The Labute approximate surface area is 311 Å². The lowest BCUT2D eigenvalue weighted by molar-refractivity contribution is 0.0322. The normalized spacial score (nSPS) is 15.1. The van der Waals surface area contributed by atoms with Gasteiger partial charge >= 0.3 is 6.03 Å². The first-order valence-corrected chi connectivity index (χ1v) is 17.7. The number of ether oxygens (including phenoxy) is 7. The Kier molecular flexibility index (Phi) is 12.4. The largest absolute Gasteiger partial charge is 0.493 e. The van der Waals surface area contributed by atoms with E-state index in [-0.39, 0.29) is 12.1 Å². The summed E-state index contributed by atoms with van der Waals surface area (Å²) in [4.78, 5) is 29.8. The van der Waals surface area contributed by atoms with Crippen molar-refractivity contribution in [3.05, 3.63) is 72.2 Å². The Hall–Kier alpha value is -5.27. The van der Waals surface area contributed by atoms with Crippen molar-refractivity contribution in [1.82, 2.24) is 24.7 Å². The maximum atomic E-state index is 14.2. The van der Waals surface area contributed by atoms with Gasteiger partial charge in [0.25, 0.3) is 0 Å². The fourth-order valence-electron chi connectivity index (χ4n) is 7.07. The third-order valence-corrected chi connectivity index (χ3v) is 9.86. The molecule has 0 spiro atoms. The van der Waals surface area contributed by atoms with Gasteiger partial charge in [0.05, 0.1) is 61.6 Å². The van der Waals surface area contributed by atoms with Crippen molar-refractivity contribution in [3.63, 3.8) is 0 Å². The number of hydrogen-bond donors (Lipinski definition) is 0. The van der Waals surface area contributed by atoms with E-state index in [9.17, 15) is 4.79 Å². The molecule has 2 aromatic heterocycles. The molecule has 2 aliphatic heterocycles. The minimum atomic E-state index is 0.0362. The number of methoxy groups -OCH3 is 6. The van der Waals surface area contributed by atoms with Crippen LogP contribution in [0.5, 0.6) is 34.5 Å². The van der Waals surface area contributed by atoms with Crippen molar-refractivity contribution in [2.75, 3.05) is 82.1 Å². The zero-order chi connectivity index (χ0) is 37.3. The third-order valence-electron chi connectivity index (χ3n) is 9.86. The van der Waals surface area contributed by atoms with Gasteiger partial charge in [0.2, 0.25) is 11.5 Å². The van der Waals surface area contributed by atoms with Gasteiger partial charge in [0, 0.05) is 75.0 Å². The Bertz CT molecular complexity index is 1810. The van der Waals surface area contributed by atoms with Crippen molar-refractivity contribution < 1.29 is 38.0 Å². The molecule has 2 aliphatic rings. The molecule has 0 aliphatic carbocycles. The van der Waals surface area contributed by atoms with Crippen LogP contribution in [0.15, 0.2) is 61.1 Å². The molecule has 53 heavy (non-hydrogen) atoms. The molecule has 0 saturated carbocycles. The number of hydrogen-bond acceptors (Lipinski definition) is 11. The van der Waals surface area contributed by atoms with Gasteiger partial charge < -0.3 is 43.0 Å². The van der Waals surface area contributed by atoms with Crippen LogP contribution in [-0.2, 0) is 17.8 Å². The molecule has 4 aromatic rings. The Morgan fingerprint density at radius 3 is 1.87 bits per heavy atom. The van der Waals surface area contributed by atoms with Crippen molar-refractivity contribution >= 4 is 6.03 Å². The first kappa shape index (κ1) is 37.5. The summed E-state index contributed by atoms with van der Waals surface area (Å²) in [7, 11) is 9.59. The smallest absolute Gasteiger partial charge is 0.320 e. The molecule has 13 nitrogen and oxygen atoms in total. The molecule has 2 saturated heterocycles. The predicted octanol–water partition coefficient (Wildman–Crippen LogP) is 5.78. The minimum Gasteiger partial charge on any atom is -0.493 e. The number of carbonyl (C=O) groups excluding carboxylic acids is 1. The topological polar surface area (TPSA) is 117 Å². The van der Waals surface area contributed by atoms with Gasteiger partial charge in [0.15, 0.2) is 23.0 Å².